The van der Waals surface area contributed by atoms with Crippen LogP contribution in [0.5, 0.6) is 0 Å². The van der Waals surface area contributed by atoms with Crippen molar-refractivity contribution >= 4 is 12.6 Å². The van der Waals surface area contributed by atoms with Crippen molar-refractivity contribution in [1.82, 2.24) is 0 Å². The van der Waals surface area contributed by atoms with Crippen LogP contribution in [0, 0.1) is 11.8 Å². The lowest BCUT2D eigenvalue weighted by atomic mass is 9.73. The highest BCUT2D eigenvalue weighted by Gasteiger charge is 2.27. The molecule has 2 aliphatic rings. The predicted octanol–water partition coefficient (Wildman–Crippen LogP) is 4.74. The number of rotatable bonds is 1. The van der Waals surface area contributed by atoms with Gasteiger partial charge in [0.05, 0.1) is 0 Å². The van der Waals surface area contributed by atoms with E-state index in [1.807, 2.05) is 0 Å². The van der Waals surface area contributed by atoms with Gasteiger partial charge in [-0.15, -0.1) is 12.6 Å². The van der Waals surface area contributed by atoms with Gasteiger partial charge in [-0.05, 0) is 43.6 Å². The summed E-state index contributed by atoms with van der Waals surface area (Å²) < 4.78 is 0. The maximum Gasteiger partial charge on any atom is 0.00610 e. The summed E-state index contributed by atoms with van der Waals surface area (Å²) in [6.45, 7) is 4.63. The summed E-state index contributed by atoms with van der Waals surface area (Å²) in [5.41, 5.74) is 3.06. The quantitative estimate of drug-likeness (QED) is 0.609. The molecule has 0 aromatic carbocycles. The Morgan fingerprint density at radius 2 is 2.00 bits per heavy atom. The van der Waals surface area contributed by atoms with Crippen molar-refractivity contribution in [3.05, 3.63) is 22.1 Å². The molecule has 2 unspecified atom stereocenters. The molecule has 0 bridgehead atoms. The molecule has 0 aromatic heterocycles. The molecule has 0 aromatic rings. The van der Waals surface area contributed by atoms with Gasteiger partial charge >= 0.3 is 0 Å². The van der Waals surface area contributed by atoms with E-state index in [9.17, 15) is 0 Å². The summed E-state index contributed by atoms with van der Waals surface area (Å²) >= 11 is 4.71. The van der Waals surface area contributed by atoms with Crippen LogP contribution < -0.4 is 0 Å². The summed E-state index contributed by atoms with van der Waals surface area (Å²) in [6.07, 6.45) is 10.5. The van der Waals surface area contributed by atoms with Gasteiger partial charge in [0, 0.05) is 4.91 Å². The van der Waals surface area contributed by atoms with E-state index in [1.54, 1.807) is 5.57 Å². The van der Waals surface area contributed by atoms with Gasteiger partial charge in [0.15, 0.2) is 0 Å². The van der Waals surface area contributed by atoms with Crippen molar-refractivity contribution in [2.24, 2.45) is 11.8 Å². The molecule has 1 heteroatoms. The van der Waals surface area contributed by atoms with Gasteiger partial charge in [0.25, 0.3) is 0 Å². The van der Waals surface area contributed by atoms with E-state index in [0.717, 1.165) is 11.8 Å². The lowest BCUT2D eigenvalue weighted by molar-refractivity contribution is 0.287. The van der Waals surface area contributed by atoms with Gasteiger partial charge in [-0.1, -0.05) is 37.8 Å². The summed E-state index contributed by atoms with van der Waals surface area (Å²) in [7, 11) is 0. The molecular weight excluding hydrogens is 200 g/mol. The molecule has 0 aliphatic heterocycles. The Labute approximate surface area is 99.2 Å². The van der Waals surface area contributed by atoms with Crippen LogP contribution in [0.4, 0.5) is 0 Å². The van der Waals surface area contributed by atoms with Crippen LogP contribution in [0.25, 0.3) is 0 Å². The normalized spacial score (nSPS) is 32.9. The van der Waals surface area contributed by atoms with Gasteiger partial charge in [-0.2, -0.15) is 0 Å². The minimum atomic E-state index is 0.829. The monoisotopic (exact) mass is 222 g/mol. The Morgan fingerprint density at radius 3 is 2.73 bits per heavy atom. The zero-order chi connectivity index (χ0) is 10.8. The fourth-order valence-electron chi connectivity index (χ4n) is 3.11. The van der Waals surface area contributed by atoms with E-state index in [0.29, 0.717) is 0 Å². The maximum absolute atomic E-state index is 4.71. The standard InChI is InChI=1S/C14H22S/c1-10-6-3-4-8-12(10)13-9-5-7-11(2)14(13)15/h7,10,12,15H,3-6,8-9H2,1-2H3. The van der Waals surface area contributed by atoms with Crippen molar-refractivity contribution in [3.63, 3.8) is 0 Å². The fourth-order valence-corrected chi connectivity index (χ4v) is 3.48. The smallest absolute Gasteiger partial charge is 0.00610 e. The third-order valence-corrected chi connectivity index (χ3v) is 4.74. The predicted molar refractivity (Wildman–Crippen MR) is 70.1 cm³/mol. The molecule has 84 valence electrons. The first kappa shape index (κ1) is 11.3. The molecule has 2 rings (SSSR count). The van der Waals surface area contributed by atoms with Crippen LogP contribution in [-0.2, 0) is 0 Å². The lowest BCUT2D eigenvalue weighted by Crippen LogP contribution is -2.20. The molecule has 0 saturated heterocycles. The van der Waals surface area contributed by atoms with Gasteiger partial charge in [-0.3, -0.25) is 0 Å². The lowest BCUT2D eigenvalue weighted by Gasteiger charge is -2.33. The number of hydrogen-bond donors (Lipinski definition) is 1. The first-order valence-corrected chi connectivity index (χ1v) is 6.74. The molecule has 0 heterocycles. The summed E-state index contributed by atoms with van der Waals surface area (Å²) in [5, 5.41) is 0. The van der Waals surface area contributed by atoms with E-state index in [2.05, 4.69) is 19.9 Å². The fraction of sp³-hybridized carbons (Fsp3) is 0.714. The van der Waals surface area contributed by atoms with Crippen molar-refractivity contribution in [2.75, 3.05) is 0 Å². The minimum Gasteiger partial charge on any atom is -0.143 e. The highest BCUT2D eigenvalue weighted by Crippen LogP contribution is 2.41. The van der Waals surface area contributed by atoms with Crippen LogP contribution in [0.2, 0.25) is 0 Å². The Morgan fingerprint density at radius 1 is 1.27 bits per heavy atom. The Kier molecular flexibility index (Phi) is 3.60. The Bertz CT molecular complexity index is 298. The van der Waals surface area contributed by atoms with Gasteiger partial charge in [0.2, 0.25) is 0 Å². The molecule has 0 spiro atoms. The molecule has 0 radical (unpaired) electrons. The molecule has 1 saturated carbocycles. The minimum absolute atomic E-state index is 0.829. The molecule has 2 atom stereocenters. The first-order valence-electron chi connectivity index (χ1n) is 6.29. The van der Waals surface area contributed by atoms with Crippen molar-refractivity contribution in [2.45, 2.75) is 52.4 Å². The van der Waals surface area contributed by atoms with Gasteiger partial charge in [-0.25, -0.2) is 0 Å². The van der Waals surface area contributed by atoms with Crippen LogP contribution in [0.3, 0.4) is 0 Å². The van der Waals surface area contributed by atoms with E-state index in [1.165, 1.54) is 49.0 Å². The zero-order valence-electron chi connectivity index (χ0n) is 9.92. The van der Waals surface area contributed by atoms with Crippen molar-refractivity contribution in [1.29, 1.82) is 0 Å². The number of hydrogen-bond acceptors (Lipinski definition) is 1. The molecule has 1 fully saturated rings. The van der Waals surface area contributed by atoms with E-state index >= 15 is 0 Å². The average Bonchev–Trinajstić information content (AvgIpc) is 2.23. The van der Waals surface area contributed by atoms with E-state index in [4.69, 9.17) is 12.6 Å². The van der Waals surface area contributed by atoms with Crippen LogP contribution >= 0.6 is 12.6 Å². The summed E-state index contributed by atoms with van der Waals surface area (Å²) in [5.74, 6) is 1.71. The van der Waals surface area contributed by atoms with Crippen LogP contribution in [0.15, 0.2) is 22.1 Å². The Balaban J connectivity index is 2.21. The third kappa shape index (κ3) is 2.33. The zero-order valence-corrected chi connectivity index (χ0v) is 10.8. The Hall–Kier alpha value is -0.170. The molecule has 0 N–H and O–H groups in total. The van der Waals surface area contributed by atoms with E-state index < -0.39 is 0 Å². The van der Waals surface area contributed by atoms with Crippen LogP contribution in [-0.4, -0.2) is 0 Å². The third-order valence-electron chi connectivity index (χ3n) is 4.10. The SMILES string of the molecule is CC1=CCCC(C2CCCCC2C)=C1S. The highest BCUT2D eigenvalue weighted by atomic mass is 32.1. The number of allylic oxidation sites excluding steroid dienone is 3. The molecule has 2 aliphatic carbocycles. The topological polar surface area (TPSA) is 0 Å². The average molecular weight is 222 g/mol. The molecule has 0 nitrogen and oxygen atoms in total. The van der Waals surface area contributed by atoms with E-state index in [-0.39, 0.29) is 0 Å². The highest BCUT2D eigenvalue weighted by molar-refractivity contribution is 7.84. The largest absolute Gasteiger partial charge is 0.143 e. The molecule has 15 heavy (non-hydrogen) atoms. The molecular formula is C14H22S. The number of thiol groups is 1. The molecule has 0 amide bonds. The van der Waals surface area contributed by atoms with Crippen molar-refractivity contribution < 1.29 is 0 Å². The van der Waals surface area contributed by atoms with Gasteiger partial charge in [0.1, 0.15) is 0 Å². The summed E-state index contributed by atoms with van der Waals surface area (Å²) in [4.78, 5) is 1.31. The van der Waals surface area contributed by atoms with Crippen LogP contribution in [0.1, 0.15) is 52.4 Å². The second-order valence-electron chi connectivity index (χ2n) is 5.17. The second kappa shape index (κ2) is 4.78. The maximum atomic E-state index is 4.71. The second-order valence-corrected chi connectivity index (χ2v) is 5.62. The first-order chi connectivity index (χ1) is 7.20. The van der Waals surface area contributed by atoms with Crippen molar-refractivity contribution in [3.8, 4) is 0 Å². The summed E-state index contributed by atoms with van der Waals surface area (Å²) in [6, 6.07) is 0. The van der Waals surface area contributed by atoms with Gasteiger partial charge < -0.3 is 0 Å².